The summed E-state index contributed by atoms with van der Waals surface area (Å²) in [5, 5.41) is -0.338. The Labute approximate surface area is 96.4 Å². The molecule has 0 aliphatic carbocycles. The van der Waals surface area contributed by atoms with Crippen LogP contribution in [0, 0.1) is 0 Å². The number of nitrogen functional groups attached to an aromatic ring is 1. The largest absolute Gasteiger partial charge is 0.396 e. The minimum atomic E-state index is -3.01. The molecular weight excluding hydrogens is 248 g/mol. The lowest BCUT2D eigenvalue weighted by Gasteiger charge is -2.09. The maximum atomic E-state index is 12.1. The van der Waals surface area contributed by atoms with Crippen molar-refractivity contribution in [1.82, 2.24) is 4.98 Å². The molecule has 1 aliphatic heterocycles. The van der Waals surface area contributed by atoms with Gasteiger partial charge in [0.15, 0.2) is 9.84 Å². The van der Waals surface area contributed by atoms with Gasteiger partial charge in [0.1, 0.15) is 0 Å². The van der Waals surface area contributed by atoms with Gasteiger partial charge >= 0.3 is 0 Å². The molecule has 88 valence electrons. The molecule has 0 bridgehead atoms. The number of hydrogen-bond acceptors (Lipinski definition) is 5. The van der Waals surface area contributed by atoms with Crippen molar-refractivity contribution < 1.29 is 12.6 Å². The highest BCUT2D eigenvalue weighted by molar-refractivity contribution is 7.94. The summed E-state index contributed by atoms with van der Waals surface area (Å²) in [7, 11) is -4.37. The van der Waals surface area contributed by atoms with Crippen LogP contribution in [0.15, 0.2) is 23.4 Å². The molecule has 1 aliphatic rings. The molecule has 1 saturated heterocycles. The molecule has 2 heterocycles. The first-order valence-corrected chi connectivity index (χ1v) is 7.83. The molecule has 1 fully saturated rings. The van der Waals surface area contributed by atoms with E-state index in [4.69, 9.17) is 5.73 Å². The number of pyridine rings is 1. The third kappa shape index (κ3) is 2.25. The first-order valence-electron chi connectivity index (χ1n) is 4.80. The summed E-state index contributed by atoms with van der Waals surface area (Å²) in [4.78, 5) is 4.29. The summed E-state index contributed by atoms with van der Waals surface area (Å²) in [6.45, 7) is 0. The van der Waals surface area contributed by atoms with Gasteiger partial charge in [-0.2, -0.15) is 0 Å². The van der Waals surface area contributed by atoms with Gasteiger partial charge in [-0.05, 0) is 12.5 Å². The Balaban J connectivity index is 2.25. The molecule has 2 unspecified atom stereocenters. The van der Waals surface area contributed by atoms with Crippen LogP contribution >= 0.6 is 0 Å². The summed E-state index contributed by atoms with van der Waals surface area (Å²) in [6, 6.07) is 1.58. The van der Waals surface area contributed by atoms with Crippen molar-refractivity contribution in [2.24, 2.45) is 0 Å². The number of nitrogens with zero attached hydrogens (tertiary/aromatic N) is 1. The van der Waals surface area contributed by atoms with Crippen LogP contribution in [0.2, 0.25) is 0 Å². The fourth-order valence-corrected chi connectivity index (χ4v) is 5.67. The van der Waals surface area contributed by atoms with E-state index in [9.17, 15) is 12.6 Å². The molecule has 0 spiro atoms. The maximum Gasteiger partial charge on any atom is 0.151 e. The lowest BCUT2D eigenvalue weighted by molar-refractivity contribution is 0.602. The van der Waals surface area contributed by atoms with Gasteiger partial charge < -0.3 is 5.73 Å². The molecule has 2 N–H and O–H groups in total. The van der Waals surface area contributed by atoms with Crippen LogP contribution in [-0.2, 0) is 20.6 Å². The van der Waals surface area contributed by atoms with E-state index in [0.717, 1.165) is 0 Å². The molecule has 2 atom stereocenters. The van der Waals surface area contributed by atoms with Crippen LogP contribution in [0.1, 0.15) is 6.42 Å². The molecule has 0 amide bonds. The Morgan fingerprint density at radius 3 is 2.81 bits per heavy atom. The van der Waals surface area contributed by atoms with E-state index >= 15 is 0 Å². The van der Waals surface area contributed by atoms with Crippen LogP contribution in [0.4, 0.5) is 5.69 Å². The molecule has 1 aromatic heterocycles. The van der Waals surface area contributed by atoms with Gasteiger partial charge in [0.05, 0.1) is 44.3 Å². The Hall–Kier alpha value is -0.950. The lowest BCUT2D eigenvalue weighted by Crippen LogP contribution is -2.17. The standard InChI is InChI=1S/C9H12N2O3S2/c10-8-5-11-3-1-9(8)15(12)7-2-4-16(13,14)6-7/h1,3,5,7H,2,4,6,10H2. The van der Waals surface area contributed by atoms with Crippen LogP contribution in [0.5, 0.6) is 0 Å². The second-order valence-corrected chi connectivity index (χ2v) is 7.67. The van der Waals surface area contributed by atoms with Gasteiger partial charge in [0.2, 0.25) is 0 Å². The smallest absolute Gasteiger partial charge is 0.151 e. The first kappa shape index (κ1) is 11.5. The van der Waals surface area contributed by atoms with Crippen molar-refractivity contribution in [3.8, 4) is 0 Å². The molecule has 0 radical (unpaired) electrons. The van der Waals surface area contributed by atoms with Gasteiger partial charge in [-0.15, -0.1) is 0 Å². The van der Waals surface area contributed by atoms with Gasteiger partial charge in [0.25, 0.3) is 0 Å². The normalized spacial score (nSPS) is 25.4. The Morgan fingerprint density at radius 2 is 2.25 bits per heavy atom. The van der Waals surface area contributed by atoms with Crippen molar-refractivity contribution in [2.75, 3.05) is 17.2 Å². The van der Waals surface area contributed by atoms with E-state index in [0.29, 0.717) is 17.0 Å². The van der Waals surface area contributed by atoms with Crippen molar-refractivity contribution >= 4 is 26.3 Å². The fraction of sp³-hybridized carbons (Fsp3) is 0.444. The third-order valence-corrected chi connectivity index (χ3v) is 6.31. The molecule has 16 heavy (non-hydrogen) atoms. The minimum absolute atomic E-state index is 0.0125. The SMILES string of the molecule is Nc1cnccc1S(=O)C1CCS(=O)(=O)C1. The quantitative estimate of drug-likeness (QED) is 0.805. The number of anilines is 1. The van der Waals surface area contributed by atoms with E-state index in [1.54, 1.807) is 6.07 Å². The van der Waals surface area contributed by atoms with Crippen molar-refractivity contribution in [3.63, 3.8) is 0 Å². The number of sulfone groups is 1. The third-order valence-electron chi connectivity index (χ3n) is 2.52. The second-order valence-electron chi connectivity index (χ2n) is 3.74. The zero-order chi connectivity index (χ0) is 11.8. The molecule has 0 saturated carbocycles. The van der Waals surface area contributed by atoms with Gasteiger partial charge in [-0.3, -0.25) is 9.19 Å². The minimum Gasteiger partial charge on any atom is -0.396 e. The molecule has 1 aromatic rings. The Bertz CT molecular complexity index is 527. The van der Waals surface area contributed by atoms with Gasteiger partial charge in [0, 0.05) is 6.20 Å². The van der Waals surface area contributed by atoms with E-state index in [2.05, 4.69) is 4.98 Å². The molecular formula is C9H12N2O3S2. The molecule has 5 nitrogen and oxygen atoms in total. The average Bonchev–Trinajstić information content (AvgIpc) is 2.59. The highest BCUT2D eigenvalue weighted by Crippen LogP contribution is 2.24. The van der Waals surface area contributed by atoms with E-state index in [-0.39, 0.29) is 16.8 Å². The van der Waals surface area contributed by atoms with Crippen LogP contribution in [-0.4, -0.2) is 34.4 Å². The number of hydrogen-bond donors (Lipinski definition) is 1. The van der Waals surface area contributed by atoms with E-state index in [1.807, 2.05) is 0 Å². The van der Waals surface area contributed by atoms with Crippen LogP contribution in [0.3, 0.4) is 0 Å². The highest BCUT2D eigenvalue weighted by Gasteiger charge is 2.33. The molecule has 7 heteroatoms. The number of nitrogens with two attached hydrogens (primary N) is 1. The number of rotatable bonds is 2. The predicted molar refractivity (Wildman–Crippen MR) is 62.1 cm³/mol. The second kappa shape index (κ2) is 4.14. The summed E-state index contributed by atoms with van der Waals surface area (Å²) in [5.41, 5.74) is 6.00. The fourth-order valence-electron chi connectivity index (χ4n) is 1.69. The van der Waals surface area contributed by atoms with E-state index < -0.39 is 20.6 Å². The summed E-state index contributed by atoms with van der Waals surface area (Å²) >= 11 is 0. The van der Waals surface area contributed by atoms with Crippen LogP contribution < -0.4 is 5.73 Å². The number of aromatic nitrogens is 1. The average molecular weight is 260 g/mol. The molecule has 2 rings (SSSR count). The molecule has 0 aromatic carbocycles. The monoisotopic (exact) mass is 260 g/mol. The Morgan fingerprint density at radius 1 is 1.50 bits per heavy atom. The summed E-state index contributed by atoms with van der Waals surface area (Å²) < 4.78 is 34.7. The summed E-state index contributed by atoms with van der Waals surface area (Å²) in [6.07, 6.45) is 3.38. The predicted octanol–water partition coefficient (Wildman–Crippen LogP) is -0.0415. The highest BCUT2D eigenvalue weighted by atomic mass is 32.2. The van der Waals surface area contributed by atoms with E-state index in [1.165, 1.54) is 12.4 Å². The zero-order valence-corrected chi connectivity index (χ0v) is 10.1. The van der Waals surface area contributed by atoms with Crippen LogP contribution in [0.25, 0.3) is 0 Å². The topological polar surface area (TPSA) is 90.1 Å². The maximum absolute atomic E-state index is 12.1. The summed E-state index contributed by atoms with van der Waals surface area (Å²) in [5.74, 6) is 0.107. The lowest BCUT2D eigenvalue weighted by atomic mass is 10.4. The zero-order valence-electron chi connectivity index (χ0n) is 8.50. The van der Waals surface area contributed by atoms with Crippen molar-refractivity contribution in [2.45, 2.75) is 16.6 Å². The van der Waals surface area contributed by atoms with Gasteiger partial charge in [-0.25, -0.2) is 8.42 Å². The Kier molecular flexibility index (Phi) is 2.98. The van der Waals surface area contributed by atoms with Crippen molar-refractivity contribution in [1.29, 1.82) is 0 Å². The van der Waals surface area contributed by atoms with Crippen molar-refractivity contribution in [3.05, 3.63) is 18.5 Å². The first-order chi connectivity index (χ1) is 7.49. The van der Waals surface area contributed by atoms with Gasteiger partial charge in [-0.1, -0.05) is 0 Å².